The average Bonchev–Trinajstić information content (AvgIpc) is 2.29. The molecule has 0 saturated carbocycles. The van der Waals surface area contributed by atoms with Crippen molar-refractivity contribution in [3.8, 4) is 11.5 Å². The number of benzene rings is 1. The lowest BCUT2D eigenvalue weighted by atomic mass is 10.2. The fourth-order valence-electron chi connectivity index (χ4n) is 1.29. The molecule has 1 N–H and O–H groups in total. The number of carboxylic acid groups (broad SMARTS) is 1. The van der Waals surface area contributed by atoms with Crippen molar-refractivity contribution < 1.29 is 19.0 Å². The van der Waals surface area contributed by atoms with Crippen LogP contribution in [-0.2, 0) is 0 Å². The zero-order valence-electron chi connectivity index (χ0n) is 8.63. The first kappa shape index (κ1) is 11.1. The van der Waals surface area contributed by atoms with Crippen LogP contribution in [0.5, 0.6) is 11.5 Å². The third-order valence-electron chi connectivity index (χ3n) is 2.04. The maximum atomic E-state index is 12.9. The first-order valence-electron chi connectivity index (χ1n) is 4.77. The molecular formula is C12H8FNO3. The van der Waals surface area contributed by atoms with E-state index in [1.165, 1.54) is 42.7 Å². The van der Waals surface area contributed by atoms with Crippen LogP contribution in [0.1, 0.15) is 10.4 Å². The Hall–Kier alpha value is -2.43. The van der Waals surface area contributed by atoms with Crippen molar-refractivity contribution in [3.63, 3.8) is 0 Å². The normalized spacial score (nSPS) is 9.94. The summed E-state index contributed by atoms with van der Waals surface area (Å²) >= 11 is 0. The molecule has 2 rings (SSSR count). The highest BCUT2D eigenvalue weighted by Crippen LogP contribution is 2.24. The third kappa shape index (κ3) is 2.57. The number of hydrogen-bond donors (Lipinski definition) is 1. The van der Waals surface area contributed by atoms with Crippen LogP contribution in [0.4, 0.5) is 4.39 Å². The number of halogens is 1. The highest BCUT2D eigenvalue weighted by atomic mass is 19.1. The molecule has 0 bridgehead atoms. The van der Waals surface area contributed by atoms with Crippen molar-refractivity contribution in [2.24, 2.45) is 0 Å². The van der Waals surface area contributed by atoms with Crippen LogP contribution >= 0.6 is 0 Å². The van der Waals surface area contributed by atoms with Crippen LogP contribution in [0.2, 0.25) is 0 Å². The highest BCUT2D eigenvalue weighted by Gasteiger charge is 2.11. The lowest BCUT2D eigenvalue weighted by molar-refractivity contribution is 0.0693. The minimum absolute atomic E-state index is 0.0724. The number of ether oxygens (including phenoxy) is 1. The molecule has 4 nitrogen and oxygen atoms in total. The van der Waals surface area contributed by atoms with Crippen LogP contribution in [0.3, 0.4) is 0 Å². The number of carbonyl (C=O) groups is 1. The summed E-state index contributed by atoms with van der Waals surface area (Å²) in [6.07, 6.45) is 2.58. The summed E-state index contributed by atoms with van der Waals surface area (Å²) in [5.74, 6) is -1.24. The van der Waals surface area contributed by atoms with Gasteiger partial charge in [-0.05, 0) is 12.1 Å². The van der Waals surface area contributed by atoms with Gasteiger partial charge in [0.15, 0.2) is 0 Å². The molecule has 86 valence electrons. The summed E-state index contributed by atoms with van der Waals surface area (Å²) in [4.78, 5) is 14.6. The molecule has 0 amide bonds. The number of carboxylic acids is 1. The van der Waals surface area contributed by atoms with Crippen LogP contribution in [-0.4, -0.2) is 16.1 Å². The van der Waals surface area contributed by atoms with Crippen molar-refractivity contribution >= 4 is 5.97 Å². The van der Waals surface area contributed by atoms with Gasteiger partial charge < -0.3 is 9.84 Å². The maximum Gasteiger partial charge on any atom is 0.341 e. The molecule has 2 aromatic rings. The molecule has 0 aliphatic heterocycles. The van der Waals surface area contributed by atoms with Crippen molar-refractivity contribution in [3.05, 3.63) is 54.1 Å². The summed E-state index contributed by atoms with van der Waals surface area (Å²) < 4.78 is 18.2. The predicted molar refractivity (Wildman–Crippen MR) is 57.7 cm³/mol. The fraction of sp³-hybridized carbons (Fsp3) is 0. The molecule has 0 aliphatic rings. The van der Waals surface area contributed by atoms with Gasteiger partial charge in [0, 0.05) is 24.5 Å². The Morgan fingerprint density at radius 1 is 1.35 bits per heavy atom. The standard InChI is InChI=1S/C12H8FNO3/c13-8-2-1-3-9(6-8)17-11-4-5-14-7-10(11)12(15)16/h1-7H,(H,15,16). The average molecular weight is 233 g/mol. The van der Waals surface area contributed by atoms with Gasteiger partial charge in [-0.25, -0.2) is 9.18 Å². The zero-order chi connectivity index (χ0) is 12.3. The molecule has 5 heteroatoms. The van der Waals surface area contributed by atoms with Crippen LogP contribution in [0, 0.1) is 5.82 Å². The van der Waals surface area contributed by atoms with Gasteiger partial charge in [-0.2, -0.15) is 0 Å². The van der Waals surface area contributed by atoms with Crippen LogP contribution in [0.15, 0.2) is 42.7 Å². The number of hydrogen-bond acceptors (Lipinski definition) is 3. The summed E-state index contributed by atoms with van der Waals surface area (Å²) in [7, 11) is 0. The van der Waals surface area contributed by atoms with E-state index in [2.05, 4.69) is 4.98 Å². The zero-order valence-corrected chi connectivity index (χ0v) is 8.63. The third-order valence-corrected chi connectivity index (χ3v) is 2.04. The van der Waals surface area contributed by atoms with Crippen molar-refractivity contribution in [2.75, 3.05) is 0 Å². The van der Waals surface area contributed by atoms with Gasteiger partial charge in [0.1, 0.15) is 22.9 Å². The number of pyridine rings is 1. The van der Waals surface area contributed by atoms with Gasteiger partial charge in [-0.3, -0.25) is 4.98 Å². The molecule has 0 atom stereocenters. The summed E-state index contributed by atoms with van der Waals surface area (Å²) in [5, 5.41) is 8.90. The Balaban J connectivity index is 2.33. The molecule has 0 fully saturated rings. The van der Waals surface area contributed by atoms with Crippen LogP contribution < -0.4 is 4.74 Å². The summed E-state index contributed by atoms with van der Waals surface area (Å²) in [6, 6.07) is 6.87. The van der Waals surface area contributed by atoms with E-state index in [1.807, 2.05) is 0 Å². The number of nitrogens with zero attached hydrogens (tertiary/aromatic N) is 1. The van der Waals surface area contributed by atoms with E-state index < -0.39 is 11.8 Å². The molecule has 1 aromatic heterocycles. The predicted octanol–water partition coefficient (Wildman–Crippen LogP) is 2.71. The Morgan fingerprint density at radius 3 is 2.88 bits per heavy atom. The van der Waals surface area contributed by atoms with Gasteiger partial charge in [0.05, 0.1) is 0 Å². The van der Waals surface area contributed by atoms with Crippen LogP contribution in [0.25, 0.3) is 0 Å². The topological polar surface area (TPSA) is 59.4 Å². The van der Waals surface area contributed by atoms with E-state index in [4.69, 9.17) is 9.84 Å². The van der Waals surface area contributed by atoms with Gasteiger partial charge in [-0.15, -0.1) is 0 Å². The molecule has 0 aliphatic carbocycles. The van der Waals surface area contributed by atoms with E-state index in [0.717, 1.165) is 0 Å². The number of rotatable bonds is 3. The SMILES string of the molecule is O=C(O)c1cnccc1Oc1cccc(F)c1. The van der Waals surface area contributed by atoms with Crippen molar-refractivity contribution in [2.45, 2.75) is 0 Å². The van der Waals surface area contributed by atoms with E-state index in [9.17, 15) is 9.18 Å². The molecule has 0 saturated heterocycles. The Bertz CT molecular complexity index is 557. The smallest absolute Gasteiger partial charge is 0.341 e. The first-order valence-corrected chi connectivity index (χ1v) is 4.77. The second-order valence-electron chi connectivity index (χ2n) is 3.24. The molecule has 1 aromatic carbocycles. The van der Waals surface area contributed by atoms with Crippen molar-refractivity contribution in [1.29, 1.82) is 0 Å². The summed E-state index contributed by atoms with van der Waals surface area (Å²) in [5.41, 5.74) is -0.0724. The Labute approximate surface area is 96.3 Å². The Kier molecular flexibility index (Phi) is 3.00. The number of aromatic nitrogens is 1. The second kappa shape index (κ2) is 4.61. The van der Waals surface area contributed by atoms with Gasteiger partial charge in [0.2, 0.25) is 0 Å². The first-order chi connectivity index (χ1) is 8.16. The molecular weight excluding hydrogens is 225 g/mol. The Morgan fingerprint density at radius 2 is 2.18 bits per heavy atom. The lowest BCUT2D eigenvalue weighted by Gasteiger charge is -2.07. The molecule has 17 heavy (non-hydrogen) atoms. The molecule has 0 radical (unpaired) electrons. The van der Waals surface area contributed by atoms with Crippen molar-refractivity contribution in [1.82, 2.24) is 4.98 Å². The minimum Gasteiger partial charge on any atom is -0.477 e. The minimum atomic E-state index is -1.15. The quantitative estimate of drug-likeness (QED) is 0.885. The molecule has 1 heterocycles. The molecule has 0 spiro atoms. The highest BCUT2D eigenvalue weighted by molar-refractivity contribution is 5.90. The van der Waals surface area contributed by atoms with Gasteiger partial charge in [0.25, 0.3) is 0 Å². The van der Waals surface area contributed by atoms with E-state index in [0.29, 0.717) is 0 Å². The largest absolute Gasteiger partial charge is 0.477 e. The lowest BCUT2D eigenvalue weighted by Crippen LogP contribution is -2.00. The number of aromatic carboxylic acids is 1. The van der Waals surface area contributed by atoms with E-state index >= 15 is 0 Å². The summed E-state index contributed by atoms with van der Waals surface area (Å²) in [6.45, 7) is 0. The van der Waals surface area contributed by atoms with Gasteiger partial charge >= 0.3 is 5.97 Å². The maximum absolute atomic E-state index is 12.9. The van der Waals surface area contributed by atoms with E-state index in [1.54, 1.807) is 0 Å². The molecule has 0 unspecified atom stereocenters. The van der Waals surface area contributed by atoms with Gasteiger partial charge in [-0.1, -0.05) is 6.07 Å². The monoisotopic (exact) mass is 233 g/mol. The van der Waals surface area contributed by atoms with E-state index in [-0.39, 0.29) is 17.1 Å². The second-order valence-corrected chi connectivity index (χ2v) is 3.24. The fourth-order valence-corrected chi connectivity index (χ4v) is 1.29.